The van der Waals surface area contributed by atoms with Crippen molar-refractivity contribution in [1.29, 1.82) is 0 Å². The average Bonchev–Trinajstić information content (AvgIpc) is 2.75. The lowest BCUT2D eigenvalue weighted by molar-refractivity contribution is -0.124. The van der Waals surface area contributed by atoms with Gasteiger partial charge in [-0.05, 0) is 53.3 Å². The van der Waals surface area contributed by atoms with Gasteiger partial charge in [0.2, 0.25) is 0 Å². The van der Waals surface area contributed by atoms with E-state index in [2.05, 4.69) is 32.1 Å². The molecule has 10 heteroatoms. The van der Waals surface area contributed by atoms with Crippen molar-refractivity contribution < 1.29 is 19.1 Å². The molecule has 0 aliphatic rings. The summed E-state index contributed by atoms with van der Waals surface area (Å²) in [4.78, 5) is 23.8. The summed E-state index contributed by atoms with van der Waals surface area (Å²) < 4.78 is 11.6. The summed E-state index contributed by atoms with van der Waals surface area (Å²) in [5.74, 6) is -0.0627. The highest BCUT2D eigenvalue weighted by atomic mass is 79.9. The molecule has 0 aromatic heterocycles. The van der Waals surface area contributed by atoms with E-state index in [0.29, 0.717) is 16.5 Å². The molecule has 0 saturated carbocycles. The maximum absolute atomic E-state index is 12.0. The summed E-state index contributed by atoms with van der Waals surface area (Å²) in [7, 11) is 0. The number of hydrogen-bond donors (Lipinski definition) is 3. The molecule has 160 valence electrons. The fraction of sp³-hybridized carbons (Fsp3) is 0.0952. The van der Waals surface area contributed by atoms with Gasteiger partial charge in [-0.2, -0.15) is 0 Å². The third kappa shape index (κ3) is 7.09. The van der Waals surface area contributed by atoms with Crippen molar-refractivity contribution in [3.63, 3.8) is 0 Å². The van der Waals surface area contributed by atoms with E-state index in [0.717, 1.165) is 15.2 Å². The SMILES string of the molecule is O=C(COc1ccc(Br)cc1Cl)NNC(=S)NC(=O)COc1ccc2ccccc2c1. The van der Waals surface area contributed by atoms with Crippen LogP contribution in [0.3, 0.4) is 0 Å². The molecule has 2 amide bonds. The molecule has 0 radical (unpaired) electrons. The molecule has 0 aliphatic carbocycles. The van der Waals surface area contributed by atoms with Crippen LogP contribution in [0.4, 0.5) is 0 Å². The number of halogens is 2. The molecule has 0 fully saturated rings. The predicted octanol–water partition coefficient (Wildman–Crippen LogP) is 3.74. The van der Waals surface area contributed by atoms with Gasteiger partial charge in [0.05, 0.1) is 5.02 Å². The van der Waals surface area contributed by atoms with E-state index in [1.165, 1.54) is 0 Å². The fourth-order valence-corrected chi connectivity index (χ4v) is 3.39. The molecule has 3 rings (SSSR count). The number of benzene rings is 3. The summed E-state index contributed by atoms with van der Waals surface area (Å²) in [5, 5.41) is 4.77. The number of hydrazine groups is 1. The Balaban J connectivity index is 1.37. The molecule has 0 bridgehead atoms. The van der Waals surface area contributed by atoms with E-state index in [1.807, 2.05) is 36.4 Å². The number of carbonyl (C=O) groups excluding carboxylic acids is 2. The molecule has 3 aromatic carbocycles. The maximum Gasteiger partial charge on any atom is 0.276 e. The molecule has 0 atom stereocenters. The minimum Gasteiger partial charge on any atom is -0.484 e. The second-order valence-electron chi connectivity index (χ2n) is 6.21. The summed E-state index contributed by atoms with van der Waals surface area (Å²) >= 11 is 14.3. The summed E-state index contributed by atoms with van der Waals surface area (Å²) in [6.45, 7) is -0.532. The van der Waals surface area contributed by atoms with E-state index >= 15 is 0 Å². The topological polar surface area (TPSA) is 88.7 Å². The van der Waals surface area contributed by atoms with Gasteiger partial charge in [0, 0.05) is 4.47 Å². The Morgan fingerprint density at radius 2 is 1.65 bits per heavy atom. The molecule has 3 N–H and O–H groups in total. The minimum atomic E-state index is -0.511. The van der Waals surface area contributed by atoms with Gasteiger partial charge in [-0.3, -0.25) is 25.8 Å². The van der Waals surface area contributed by atoms with Gasteiger partial charge in [0.15, 0.2) is 18.3 Å². The number of carbonyl (C=O) groups is 2. The lowest BCUT2D eigenvalue weighted by atomic mass is 10.1. The lowest BCUT2D eigenvalue weighted by Crippen LogP contribution is -2.50. The Morgan fingerprint density at radius 3 is 2.42 bits per heavy atom. The van der Waals surface area contributed by atoms with Crippen molar-refractivity contribution in [2.75, 3.05) is 13.2 Å². The van der Waals surface area contributed by atoms with Crippen molar-refractivity contribution in [1.82, 2.24) is 16.2 Å². The highest BCUT2D eigenvalue weighted by molar-refractivity contribution is 9.10. The number of fused-ring (bicyclic) bond motifs is 1. The first kappa shape index (κ1) is 22.8. The first-order chi connectivity index (χ1) is 14.9. The molecular formula is C21H17BrClN3O4S. The third-order valence-corrected chi connectivity index (χ3v) is 4.90. The van der Waals surface area contributed by atoms with Crippen molar-refractivity contribution in [3.8, 4) is 11.5 Å². The van der Waals surface area contributed by atoms with Crippen molar-refractivity contribution in [2.24, 2.45) is 0 Å². The summed E-state index contributed by atoms with van der Waals surface area (Å²) in [6.07, 6.45) is 0. The van der Waals surface area contributed by atoms with E-state index in [1.54, 1.807) is 24.3 Å². The van der Waals surface area contributed by atoms with Crippen molar-refractivity contribution in [2.45, 2.75) is 0 Å². The standard InChI is InChI=1S/C21H17BrClN3O4S/c22-15-6-8-18(17(23)10-15)30-12-20(28)25-26-21(31)24-19(27)11-29-16-7-5-13-3-1-2-4-14(13)9-16/h1-10H,11-12H2,(H,25,28)(H2,24,26,27,31). The van der Waals surface area contributed by atoms with Crippen LogP contribution in [0, 0.1) is 0 Å². The van der Waals surface area contributed by atoms with Crippen LogP contribution in [-0.4, -0.2) is 30.1 Å². The number of nitrogens with one attached hydrogen (secondary N) is 3. The number of rotatable bonds is 6. The average molecular weight is 523 g/mol. The first-order valence-corrected chi connectivity index (χ1v) is 10.6. The number of ether oxygens (including phenoxy) is 2. The monoisotopic (exact) mass is 521 g/mol. The van der Waals surface area contributed by atoms with Crippen LogP contribution in [0.2, 0.25) is 5.02 Å². The molecule has 7 nitrogen and oxygen atoms in total. The van der Waals surface area contributed by atoms with Gasteiger partial charge in [-0.15, -0.1) is 0 Å². The van der Waals surface area contributed by atoms with E-state index in [9.17, 15) is 9.59 Å². The molecule has 0 unspecified atom stereocenters. The van der Waals surface area contributed by atoms with Crippen LogP contribution >= 0.6 is 39.7 Å². The lowest BCUT2D eigenvalue weighted by Gasteiger charge is -2.12. The van der Waals surface area contributed by atoms with Crippen LogP contribution < -0.4 is 25.6 Å². The first-order valence-electron chi connectivity index (χ1n) is 8.99. The third-order valence-electron chi connectivity index (χ3n) is 3.91. The quantitative estimate of drug-likeness (QED) is 0.338. The smallest absolute Gasteiger partial charge is 0.276 e. The van der Waals surface area contributed by atoms with Gasteiger partial charge in [-0.1, -0.05) is 57.9 Å². The number of hydrogen-bond acceptors (Lipinski definition) is 5. The van der Waals surface area contributed by atoms with Crippen molar-refractivity contribution >= 4 is 67.4 Å². The van der Waals surface area contributed by atoms with Crippen LogP contribution in [0.1, 0.15) is 0 Å². The zero-order valence-corrected chi connectivity index (χ0v) is 19.1. The zero-order chi connectivity index (χ0) is 22.2. The highest BCUT2D eigenvalue weighted by Gasteiger charge is 2.09. The molecule has 3 aromatic rings. The molecule has 0 heterocycles. The van der Waals surface area contributed by atoms with Crippen LogP contribution in [-0.2, 0) is 9.59 Å². The Bertz CT molecular complexity index is 1130. The highest BCUT2D eigenvalue weighted by Crippen LogP contribution is 2.27. The maximum atomic E-state index is 12.0. The normalized spacial score (nSPS) is 10.3. The van der Waals surface area contributed by atoms with E-state index in [4.69, 9.17) is 33.3 Å². The Labute approximate surface area is 197 Å². The molecule has 0 saturated heterocycles. The molecular weight excluding hydrogens is 506 g/mol. The van der Waals surface area contributed by atoms with Crippen LogP contribution in [0.25, 0.3) is 10.8 Å². The Morgan fingerprint density at radius 1 is 0.903 bits per heavy atom. The minimum absolute atomic E-state index is 0.0814. The number of thiocarbonyl (C=S) groups is 1. The Kier molecular flexibility index (Phi) is 8.05. The molecule has 0 spiro atoms. The van der Waals surface area contributed by atoms with E-state index < -0.39 is 11.8 Å². The molecule has 31 heavy (non-hydrogen) atoms. The van der Waals surface area contributed by atoms with Gasteiger partial charge >= 0.3 is 0 Å². The second kappa shape index (κ2) is 10.9. The van der Waals surface area contributed by atoms with Crippen molar-refractivity contribution in [3.05, 3.63) is 70.2 Å². The predicted molar refractivity (Wildman–Crippen MR) is 126 cm³/mol. The largest absolute Gasteiger partial charge is 0.484 e. The van der Waals surface area contributed by atoms with Crippen LogP contribution in [0.5, 0.6) is 11.5 Å². The van der Waals surface area contributed by atoms with Crippen LogP contribution in [0.15, 0.2) is 65.1 Å². The second-order valence-corrected chi connectivity index (χ2v) is 7.94. The van der Waals surface area contributed by atoms with Gasteiger partial charge in [0.1, 0.15) is 11.5 Å². The summed E-state index contributed by atoms with van der Waals surface area (Å²) in [5.41, 5.74) is 4.74. The fourth-order valence-electron chi connectivity index (χ4n) is 2.50. The summed E-state index contributed by atoms with van der Waals surface area (Å²) in [6, 6.07) is 18.4. The van der Waals surface area contributed by atoms with Gasteiger partial charge in [-0.25, -0.2) is 0 Å². The Hall–Kier alpha value is -2.88. The van der Waals surface area contributed by atoms with Gasteiger partial charge < -0.3 is 9.47 Å². The number of amides is 2. The molecule has 0 aliphatic heterocycles. The van der Waals surface area contributed by atoms with E-state index in [-0.39, 0.29) is 18.3 Å². The van der Waals surface area contributed by atoms with Gasteiger partial charge in [0.25, 0.3) is 11.8 Å². The zero-order valence-electron chi connectivity index (χ0n) is 16.0.